The summed E-state index contributed by atoms with van der Waals surface area (Å²) >= 11 is 0. The Morgan fingerprint density at radius 2 is 2.33 bits per heavy atom. The Morgan fingerprint density at radius 1 is 1.57 bits per heavy atom. The van der Waals surface area contributed by atoms with E-state index in [4.69, 9.17) is 10.5 Å². The van der Waals surface area contributed by atoms with Gasteiger partial charge >= 0.3 is 5.97 Å². The van der Waals surface area contributed by atoms with Crippen LogP contribution in [0.3, 0.4) is 0 Å². The van der Waals surface area contributed by atoms with Gasteiger partial charge in [-0.3, -0.25) is 9.59 Å². The zero-order valence-electron chi connectivity index (χ0n) is 11.9. The van der Waals surface area contributed by atoms with Crippen LogP contribution < -0.4 is 5.73 Å². The molecule has 0 saturated carbocycles. The molecule has 1 aromatic heterocycles. The van der Waals surface area contributed by atoms with Crippen molar-refractivity contribution in [3.8, 4) is 0 Å². The molecule has 1 aromatic rings. The minimum Gasteiger partial charge on any atom is -0.481 e. The van der Waals surface area contributed by atoms with Crippen LogP contribution in [-0.4, -0.2) is 63.8 Å². The van der Waals surface area contributed by atoms with Crippen LogP contribution in [0.25, 0.3) is 0 Å². The normalized spacial score (nSPS) is 21.4. The number of hydrogen-bond acceptors (Lipinski definition) is 5. The molecule has 1 amide bonds. The summed E-state index contributed by atoms with van der Waals surface area (Å²) in [6, 6.07) is -0.459. The van der Waals surface area contributed by atoms with Gasteiger partial charge in [0.25, 0.3) is 5.91 Å². The molecule has 1 fully saturated rings. The van der Waals surface area contributed by atoms with Gasteiger partial charge in [-0.15, -0.1) is 0 Å². The molecule has 0 aromatic carbocycles. The van der Waals surface area contributed by atoms with Gasteiger partial charge in [0.2, 0.25) is 0 Å². The van der Waals surface area contributed by atoms with Gasteiger partial charge in [0.05, 0.1) is 25.6 Å². The van der Waals surface area contributed by atoms with Crippen LogP contribution in [0.2, 0.25) is 0 Å². The lowest BCUT2D eigenvalue weighted by Crippen LogP contribution is -2.46. The largest absolute Gasteiger partial charge is 0.481 e. The molecule has 2 heterocycles. The second-order valence-corrected chi connectivity index (χ2v) is 4.93. The van der Waals surface area contributed by atoms with Crippen molar-refractivity contribution in [2.75, 3.05) is 26.3 Å². The van der Waals surface area contributed by atoms with E-state index >= 15 is 0 Å². The molecule has 3 N–H and O–H groups in total. The number of ether oxygens (including phenoxy) is 1. The Kier molecular flexibility index (Phi) is 4.92. The Hall–Kier alpha value is -1.93. The smallest absolute Gasteiger partial charge is 0.311 e. The molecule has 2 atom stereocenters. The molecule has 116 valence electrons. The third-order valence-electron chi connectivity index (χ3n) is 3.61. The predicted octanol–water partition coefficient (Wildman–Crippen LogP) is -0.596. The second-order valence-electron chi connectivity index (χ2n) is 4.93. The molecule has 2 unspecified atom stereocenters. The van der Waals surface area contributed by atoms with E-state index in [1.807, 2.05) is 6.92 Å². The number of carbonyl (C=O) groups excluding carboxylic acids is 1. The maximum atomic E-state index is 12.5. The molecule has 21 heavy (non-hydrogen) atoms. The number of nitrogens with zero attached hydrogens (tertiary/aromatic N) is 3. The zero-order valence-corrected chi connectivity index (χ0v) is 11.9. The summed E-state index contributed by atoms with van der Waals surface area (Å²) < 4.78 is 6.96. The highest BCUT2D eigenvalue weighted by atomic mass is 16.5. The van der Waals surface area contributed by atoms with E-state index in [0.29, 0.717) is 25.3 Å². The van der Waals surface area contributed by atoms with E-state index < -0.39 is 17.9 Å². The summed E-state index contributed by atoms with van der Waals surface area (Å²) in [5.41, 5.74) is 5.75. The highest BCUT2D eigenvalue weighted by Crippen LogP contribution is 2.21. The fourth-order valence-corrected chi connectivity index (χ4v) is 2.50. The second kappa shape index (κ2) is 6.68. The van der Waals surface area contributed by atoms with Gasteiger partial charge in [0, 0.05) is 25.8 Å². The average molecular weight is 296 g/mol. The first-order valence-electron chi connectivity index (χ1n) is 6.91. The minimum absolute atomic E-state index is 0.130. The fourth-order valence-electron chi connectivity index (χ4n) is 2.50. The van der Waals surface area contributed by atoms with Crippen molar-refractivity contribution in [1.82, 2.24) is 14.5 Å². The molecular formula is C13H20N4O4. The molecule has 2 rings (SSSR count). The van der Waals surface area contributed by atoms with Gasteiger partial charge < -0.3 is 25.0 Å². The molecule has 0 radical (unpaired) electrons. The number of carboxylic acids is 1. The summed E-state index contributed by atoms with van der Waals surface area (Å²) in [6.07, 6.45) is 3.18. The lowest BCUT2D eigenvalue weighted by Gasteiger charge is -2.28. The van der Waals surface area contributed by atoms with Crippen molar-refractivity contribution in [2.24, 2.45) is 11.7 Å². The fraction of sp³-hybridized carbons (Fsp3) is 0.615. The molecule has 1 aliphatic heterocycles. The molecule has 0 bridgehead atoms. The molecular weight excluding hydrogens is 276 g/mol. The van der Waals surface area contributed by atoms with Crippen LogP contribution in [0.15, 0.2) is 12.5 Å². The first-order valence-corrected chi connectivity index (χ1v) is 6.91. The van der Waals surface area contributed by atoms with Gasteiger partial charge in [-0.1, -0.05) is 0 Å². The summed E-state index contributed by atoms with van der Waals surface area (Å²) in [5, 5.41) is 9.20. The molecule has 0 aliphatic carbocycles. The quantitative estimate of drug-likeness (QED) is 0.725. The molecule has 1 saturated heterocycles. The van der Waals surface area contributed by atoms with Gasteiger partial charge in [-0.2, -0.15) is 0 Å². The Labute approximate surface area is 122 Å². The van der Waals surface area contributed by atoms with Crippen molar-refractivity contribution in [3.63, 3.8) is 0 Å². The maximum Gasteiger partial charge on any atom is 0.311 e. The van der Waals surface area contributed by atoms with Crippen LogP contribution in [0.5, 0.6) is 0 Å². The Balaban J connectivity index is 2.15. The van der Waals surface area contributed by atoms with Crippen LogP contribution in [0.4, 0.5) is 0 Å². The summed E-state index contributed by atoms with van der Waals surface area (Å²) in [7, 11) is 0. The number of carbonyl (C=O) groups is 2. The summed E-state index contributed by atoms with van der Waals surface area (Å²) in [6.45, 7) is 3.62. The minimum atomic E-state index is -0.947. The SMILES string of the molecule is CCN(C(=O)c1cn(CCN)cn1)C1COCC1C(=O)O. The number of imidazole rings is 1. The first kappa shape index (κ1) is 15.5. The van der Waals surface area contributed by atoms with E-state index in [9.17, 15) is 14.7 Å². The van der Waals surface area contributed by atoms with E-state index in [2.05, 4.69) is 4.98 Å². The number of rotatable bonds is 6. The predicted molar refractivity (Wildman–Crippen MR) is 73.7 cm³/mol. The van der Waals surface area contributed by atoms with Crippen LogP contribution >= 0.6 is 0 Å². The highest BCUT2D eigenvalue weighted by molar-refractivity contribution is 5.92. The van der Waals surface area contributed by atoms with Crippen LogP contribution in [0, 0.1) is 5.92 Å². The first-order chi connectivity index (χ1) is 10.1. The zero-order chi connectivity index (χ0) is 15.4. The third kappa shape index (κ3) is 3.22. The van der Waals surface area contributed by atoms with Crippen molar-refractivity contribution >= 4 is 11.9 Å². The van der Waals surface area contributed by atoms with Gasteiger partial charge in [-0.05, 0) is 6.92 Å². The van der Waals surface area contributed by atoms with Gasteiger partial charge in [0.1, 0.15) is 11.6 Å². The molecule has 8 nitrogen and oxygen atoms in total. The van der Waals surface area contributed by atoms with E-state index in [0.717, 1.165) is 0 Å². The van der Waals surface area contributed by atoms with Crippen molar-refractivity contribution in [3.05, 3.63) is 18.2 Å². The lowest BCUT2D eigenvalue weighted by molar-refractivity contribution is -0.142. The number of likely N-dealkylation sites (N-methyl/N-ethyl adjacent to an activating group) is 1. The lowest BCUT2D eigenvalue weighted by atomic mass is 10.0. The number of carboxylic acid groups (broad SMARTS) is 1. The molecule has 1 aliphatic rings. The van der Waals surface area contributed by atoms with Crippen molar-refractivity contribution in [2.45, 2.75) is 19.5 Å². The summed E-state index contributed by atoms with van der Waals surface area (Å²) in [5.74, 6) is -1.92. The average Bonchev–Trinajstić information content (AvgIpc) is 3.09. The summed E-state index contributed by atoms with van der Waals surface area (Å²) in [4.78, 5) is 29.3. The third-order valence-corrected chi connectivity index (χ3v) is 3.61. The van der Waals surface area contributed by atoms with Gasteiger partial charge in [0.15, 0.2) is 0 Å². The monoisotopic (exact) mass is 296 g/mol. The Morgan fingerprint density at radius 3 is 2.95 bits per heavy atom. The highest BCUT2D eigenvalue weighted by Gasteiger charge is 2.40. The van der Waals surface area contributed by atoms with Crippen molar-refractivity contribution < 1.29 is 19.4 Å². The molecule has 0 spiro atoms. The number of hydrogen-bond donors (Lipinski definition) is 2. The van der Waals surface area contributed by atoms with E-state index in [1.54, 1.807) is 17.1 Å². The van der Waals surface area contributed by atoms with Gasteiger partial charge in [-0.25, -0.2) is 4.98 Å². The number of aromatic nitrogens is 2. The standard InChI is InChI=1S/C13H20N4O4/c1-2-17(11-7-21-6-9(11)13(19)20)12(18)10-5-16(4-3-14)8-15-10/h5,8-9,11H,2-4,6-7,14H2,1H3,(H,19,20). The van der Waals surface area contributed by atoms with E-state index in [1.165, 1.54) is 4.90 Å². The number of nitrogens with two attached hydrogens (primary N) is 1. The number of aliphatic carboxylic acids is 1. The van der Waals surface area contributed by atoms with E-state index in [-0.39, 0.29) is 19.1 Å². The van der Waals surface area contributed by atoms with Crippen LogP contribution in [0.1, 0.15) is 17.4 Å². The van der Waals surface area contributed by atoms with Crippen molar-refractivity contribution in [1.29, 1.82) is 0 Å². The maximum absolute atomic E-state index is 12.5. The molecule has 8 heteroatoms. The van der Waals surface area contributed by atoms with Crippen LogP contribution in [-0.2, 0) is 16.1 Å². The topological polar surface area (TPSA) is 111 Å². The Bertz CT molecular complexity index is 516. The number of amides is 1.